The van der Waals surface area contributed by atoms with Gasteiger partial charge in [0.05, 0.1) is 18.1 Å². The van der Waals surface area contributed by atoms with Crippen LogP contribution in [0.15, 0.2) is 41.3 Å². The third kappa shape index (κ3) is 7.02. The first-order valence-electron chi connectivity index (χ1n) is 10.9. The van der Waals surface area contributed by atoms with Crippen molar-refractivity contribution in [1.29, 1.82) is 0 Å². The number of hydrogen-bond acceptors (Lipinski definition) is 8. The first-order valence-corrected chi connectivity index (χ1v) is 12.1. The van der Waals surface area contributed by atoms with Gasteiger partial charge in [0.15, 0.2) is 18.1 Å². The summed E-state index contributed by atoms with van der Waals surface area (Å²) in [6.45, 7) is 4.50. The Balaban J connectivity index is 1.65. The molecule has 0 unspecified atom stereocenters. The molecule has 0 spiro atoms. The van der Waals surface area contributed by atoms with E-state index in [-0.39, 0.29) is 23.5 Å². The summed E-state index contributed by atoms with van der Waals surface area (Å²) < 4.78 is 16.0. The molecule has 1 saturated heterocycles. The van der Waals surface area contributed by atoms with Crippen LogP contribution in [0, 0.1) is 6.92 Å². The molecular weight excluding hydrogens is 508 g/mol. The van der Waals surface area contributed by atoms with Crippen molar-refractivity contribution in [2.75, 3.05) is 25.6 Å². The molecule has 2 aromatic carbocycles. The van der Waals surface area contributed by atoms with Gasteiger partial charge >= 0.3 is 5.97 Å². The second kappa shape index (κ2) is 12.0. The molecule has 3 rings (SSSR count). The van der Waals surface area contributed by atoms with Crippen molar-refractivity contribution < 1.29 is 33.4 Å². The van der Waals surface area contributed by atoms with Crippen molar-refractivity contribution in [3.8, 4) is 11.5 Å². The van der Waals surface area contributed by atoms with Crippen LogP contribution in [0.25, 0.3) is 6.08 Å². The van der Waals surface area contributed by atoms with Crippen LogP contribution < -0.4 is 14.8 Å². The summed E-state index contributed by atoms with van der Waals surface area (Å²) in [5.74, 6) is -0.985. The van der Waals surface area contributed by atoms with E-state index in [0.717, 1.165) is 22.2 Å². The van der Waals surface area contributed by atoms with Gasteiger partial charge in [-0.3, -0.25) is 24.1 Å². The van der Waals surface area contributed by atoms with Gasteiger partial charge in [0, 0.05) is 10.7 Å². The van der Waals surface area contributed by atoms with E-state index in [2.05, 4.69) is 5.32 Å². The summed E-state index contributed by atoms with van der Waals surface area (Å²) in [6.07, 6.45) is 1.16. The van der Waals surface area contributed by atoms with Crippen molar-refractivity contribution >= 4 is 58.1 Å². The number of thioether (sulfide) groups is 1. The molecule has 9 nitrogen and oxygen atoms in total. The number of esters is 1. The number of imide groups is 1. The zero-order valence-electron chi connectivity index (χ0n) is 20.1. The largest absolute Gasteiger partial charge is 0.493 e. The molecular formula is C25H25ClN2O7S. The van der Waals surface area contributed by atoms with Crippen LogP contribution in [0.5, 0.6) is 11.5 Å². The van der Waals surface area contributed by atoms with Crippen LogP contribution in [-0.2, 0) is 19.1 Å². The number of carbonyl (C=O) groups is 4. The number of hydrogen-bond donors (Lipinski definition) is 1. The Morgan fingerprint density at radius 2 is 1.89 bits per heavy atom. The third-order valence-corrected chi connectivity index (χ3v) is 6.14. The Morgan fingerprint density at radius 1 is 1.14 bits per heavy atom. The number of halogens is 1. The van der Waals surface area contributed by atoms with Gasteiger partial charge in [-0.15, -0.1) is 0 Å². The second-order valence-corrected chi connectivity index (χ2v) is 9.42. The fourth-order valence-electron chi connectivity index (χ4n) is 3.12. The van der Waals surface area contributed by atoms with Gasteiger partial charge in [0.1, 0.15) is 6.54 Å². The predicted octanol–water partition coefficient (Wildman–Crippen LogP) is 4.66. The molecule has 1 N–H and O–H groups in total. The summed E-state index contributed by atoms with van der Waals surface area (Å²) >= 11 is 6.81. The number of methoxy groups -OCH3 is 1. The zero-order valence-corrected chi connectivity index (χ0v) is 21.7. The van der Waals surface area contributed by atoms with Crippen molar-refractivity contribution in [3.63, 3.8) is 0 Å². The Labute approximate surface area is 217 Å². The highest BCUT2D eigenvalue weighted by atomic mass is 35.5. The summed E-state index contributed by atoms with van der Waals surface area (Å²) in [6, 6.07) is 10.0. The summed E-state index contributed by atoms with van der Waals surface area (Å²) in [4.78, 5) is 50.0. The Hall–Kier alpha value is -3.50. The molecule has 1 fully saturated rings. The van der Waals surface area contributed by atoms with Gasteiger partial charge in [0.25, 0.3) is 17.1 Å². The van der Waals surface area contributed by atoms with Gasteiger partial charge in [-0.2, -0.15) is 0 Å². The molecule has 0 radical (unpaired) electrons. The molecule has 11 heteroatoms. The van der Waals surface area contributed by atoms with Crippen LogP contribution in [0.3, 0.4) is 0 Å². The molecule has 190 valence electrons. The smallest absolute Gasteiger partial charge is 0.326 e. The van der Waals surface area contributed by atoms with Gasteiger partial charge in [0.2, 0.25) is 0 Å². The minimum Gasteiger partial charge on any atom is -0.493 e. The van der Waals surface area contributed by atoms with E-state index in [1.54, 1.807) is 50.2 Å². The lowest BCUT2D eigenvalue weighted by atomic mass is 10.2. The predicted molar refractivity (Wildman–Crippen MR) is 137 cm³/mol. The number of benzene rings is 2. The standard InChI is InChI=1S/C25H25ClN2O7S/c1-14(2)35-23(30)12-28-24(31)21(36-25(28)32)10-16-6-8-19(20(9-16)33-4)34-13-22(29)27-17-7-5-15(3)18(26)11-17/h5-11,14H,12-13H2,1-4H3,(H,27,29)/b21-10-. The summed E-state index contributed by atoms with van der Waals surface area (Å²) in [5.41, 5.74) is 2.01. The van der Waals surface area contributed by atoms with Crippen molar-refractivity contribution in [1.82, 2.24) is 4.90 Å². The molecule has 0 atom stereocenters. The van der Waals surface area contributed by atoms with E-state index in [4.69, 9.17) is 25.8 Å². The maximum Gasteiger partial charge on any atom is 0.326 e. The van der Waals surface area contributed by atoms with Gasteiger partial charge in [-0.25, -0.2) is 0 Å². The fraction of sp³-hybridized carbons (Fsp3) is 0.280. The van der Waals surface area contributed by atoms with E-state index in [9.17, 15) is 19.2 Å². The van der Waals surface area contributed by atoms with Crippen molar-refractivity contribution in [2.45, 2.75) is 26.9 Å². The highest BCUT2D eigenvalue weighted by Crippen LogP contribution is 2.34. The molecule has 36 heavy (non-hydrogen) atoms. The van der Waals surface area contributed by atoms with E-state index in [1.807, 2.05) is 6.92 Å². The first kappa shape index (κ1) is 27.1. The van der Waals surface area contributed by atoms with E-state index >= 15 is 0 Å². The third-order valence-electron chi connectivity index (χ3n) is 4.83. The topological polar surface area (TPSA) is 111 Å². The van der Waals surface area contributed by atoms with Crippen LogP contribution in [-0.4, -0.2) is 54.3 Å². The van der Waals surface area contributed by atoms with Crippen molar-refractivity contribution in [3.05, 3.63) is 57.5 Å². The molecule has 3 amide bonds. The number of carbonyl (C=O) groups excluding carboxylic acids is 4. The maximum atomic E-state index is 12.6. The van der Waals surface area contributed by atoms with Crippen LogP contribution in [0.1, 0.15) is 25.0 Å². The highest BCUT2D eigenvalue weighted by molar-refractivity contribution is 8.18. The van der Waals surface area contributed by atoms with Crippen molar-refractivity contribution in [2.24, 2.45) is 0 Å². The number of ether oxygens (including phenoxy) is 3. The molecule has 1 aliphatic rings. The number of rotatable bonds is 9. The SMILES string of the molecule is COc1cc(/C=C2\SC(=O)N(CC(=O)OC(C)C)C2=O)ccc1OCC(=O)Nc1ccc(C)c(Cl)c1. The number of nitrogens with zero attached hydrogens (tertiary/aromatic N) is 1. The second-order valence-electron chi connectivity index (χ2n) is 8.02. The quantitative estimate of drug-likeness (QED) is 0.366. The normalized spacial score (nSPS) is 14.4. The average Bonchev–Trinajstić information content (AvgIpc) is 3.07. The molecule has 1 heterocycles. The van der Waals surface area contributed by atoms with Crippen LogP contribution in [0.4, 0.5) is 10.5 Å². The Bertz CT molecular complexity index is 1230. The molecule has 2 aromatic rings. The molecule has 1 aliphatic heterocycles. The van der Waals surface area contributed by atoms with Gasteiger partial charge in [-0.05, 0) is 74.0 Å². The van der Waals surface area contributed by atoms with Gasteiger partial charge < -0.3 is 19.5 Å². The van der Waals surface area contributed by atoms with Crippen LogP contribution in [0.2, 0.25) is 5.02 Å². The minimum atomic E-state index is -0.661. The lowest BCUT2D eigenvalue weighted by Crippen LogP contribution is -2.35. The number of anilines is 1. The van der Waals surface area contributed by atoms with E-state index in [0.29, 0.717) is 27.8 Å². The lowest BCUT2D eigenvalue weighted by molar-refractivity contribution is -0.149. The highest BCUT2D eigenvalue weighted by Gasteiger charge is 2.36. The van der Waals surface area contributed by atoms with Gasteiger partial charge in [-0.1, -0.05) is 23.7 Å². The monoisotopic (exact) mass is 532 g/mol. The zero-order chi connectivity index (χ0) is 26.4. The molecule has 0 aliphatic carbocycles. The Kier molecular flexibility index (Phi) is 9.00. The number of aryl methyl sites for hydroxylation is 1. The molecule has 0 aromatic heterocycles. The van der Waals surface area contributed by atoms with E-state index in [1.165, 1.54) is 13.2 Å². The fourth-order valence-corrected chi connectivity index (χ4v) is 4.14. The van der Waals surface area contributed by atoms with E-state index < -0.39 is 23.7 Å². The average molecular weight is 533 g/mol. The minimum absolute atomic E-state index is 0.157. The first-order chi connectivity index (χ1) is 17.1. The van der Waals surface area contributed by atoms with Crippen LogP contribution >= 0.6 is 23.4 Å². The number of nitrogens with one attached hydrogen (secondary N) is 1. The summed E-state index contributed by atoms with van der Waals surface area (Å²) in [7, 11) is 1.44. The molecule has 0 saturated carbocycles. The lowest BCUT2D eigenvalue weighted by Gasteiger charge is -2.13. The summed E-state index contributed by atoms with van der Waals surface area (Å²) in [5, 5.41) is 2.69. The number of amides is 3. The maximum absolute atomic E-state index is 12.6. The molecule has 0 bridgehead atoms. The Morgan fingerprint density at radius 3 is 2.56 bits per heavy atom.